The maximum absolute atomic E-state index is 13.3. The van der Waals surface area contributed by atoms with Gasteiger partial charge in [0, 0.05) is 58.3 Å². The molecule has 4 heterocycles. The Morgan fingerprint density at radius 3 is 2.61 bits per heavy atom. The van der Waals surface area contributed by atoms with Gasteiger partial charge >= 0.3 is 0 Å². The van der Waals surface area contributed by atoms with Crippen LogP contribution in [0.1, 0.15) is 57.8 Å². The van der Waals surface area contributed by atoms with E-state index in [-0.39, 0.29) is 24.1 Å². The normalized spacial score (nSPS) is 15.7. The van der Waals surface area contributed by atoms with E-state index in [4.69, 9.17) is 4.74 Å². The Labute approximate surface area is 202 Å². The van der Waals surface area contributed by atoms with E-state index >= 15 is 0 Å². The summed E-state index contributed by atoms with van der Waals surface area (Å²) in [5.74, 6) is -0.176. The molecule has 3 aromatic rings. The number of pyridine rings is 2. The van der Waals surface area contributed by atoms with Gasteiger partial charge in [-0.05, 0) is 72.4 Å². The van der Waals surface area contributed by atoms with E-state index in [1.54, 1.807) is 0 Å². The summed E-state index contributed by atoms with van der Waals surface area (Å²) >= 11 is 3.60. The van der Waals surface area contributed by atoms with E-state index in [2.05, 4.69) is 48.7 Å². The number of rotatable bonds is 6. The second kappa shape index (κ2) is 9.83. The molecule has 8 heteroatoms. The molecule has 0 aliphatic carbocycles. The Hall–Kier alpha value is -2.42. The molecule has 176 valence electrons. The maximum atomic E-state index is 13.3. The molecule has 0 spiro atoms. The summed E-state index contributed by atoms with van der Waals surface area (Å²) in [6.45, 7) is 11.3. The van der Waals surface area contributed by atoms with Crippen molar-refractivity contribution in [3.63, 3.8) is 0 Å². The predicted molar refractivity (Wildman–Crippen MR) is 133 cm³/mol. The molecule has 1 unspecified atom stereocenters. The first-order valence-electron chi connectivity index (χ1n) is 11.4. The quantitative estimate of drug-likeness (QED) is 0.520. The first-order valence-corrected chi connectivity index (χ1v) is 12.2. The van der Waals surface area contributed by atoms with Gasteiger partial charge in [-0.1, -0.05) is 6.92 Å². The van der Waals surface area contributed by atoms with Crippen molar-refractivity contribution in [3.05, 3.63) is 72.9 Å². The summed E-state index contributed by atoms with van der Waals surface area (Å²) < 4.78 is 8.73. The number of aromatic nitrogens is 2. The Balaban J connectivity index is 1.71. The number of morpholine rings is 1. The highest BCUT2D eigenvalue weighted by molar-refractivity contribution is 9.10. The van der Waals surface area contributed by atoms with E-state index in [0.717, 1.165) is 65.2 Å². The minimum Gasteiger partial charge on any atom is -0.379 e. The number of H-pyrrole nitrogens is 1. The highest BCUT2D eigenvalue weighted by atomic mass is 79.9. The fraction of sp³-hybridized carbons (Fsp3) is 0.440. The number of halogens is 1. The van der Waals surface area contributed by atoms with Crippen LogP contribution in [-0.4, -0.2) is 46.5 Å². The molecule has 1 atom stereocenters. The van der Waals surface area contributed by atoms with Crippen LogP contribution >= 0.6 is 15.9 Å². The number of aryl methyl sites for hydroxylation is 2. The van der Waals surface area contributed by atoms with Crippen LogP contribution in [0.2, 0.25) is 0 Å². The van der Waals surface area contributed by atoms with Crippen molar-refractivity contribution in [1.82, 2.24) is 19.6 Å². The Kier molecular flexibility index (Phi) is 7.07. The van der Waals surface area contributed by atoms with E-state index in [0.29, 0.717) is 11.1 Å². The lowest BCUT2D eigenvalue weighted by Gasteiger charge is -2.35. The zero-order valence-corrected chi connectivity index (χ0v) is 21.2. The average molecular weight is 515 g/mol. The van der Waals surface area contributed by atoms with Gasteiger partial charge in [-0.3, -0.25) is 14.5 Å². The molecule has 7 nitrogen and oxygen atoms in total. The number of hydrogen-bond acceptors (Lipinski definition) is 4. The van der Waals surface area contributed by atoms with Crippen LogP contribution in [0.4, 0.5) is 0 Å². The van der Waals surface area contributed by atoms with Gasteiger partial charge in [-0.25, -0.2) is 0 Å². The van der Waals surface area contributed by atoms with Crippen LogP contribution in [0.15, 0.2) is 33.7 Å². The zero-order valence-electron chi connectivity index (χ0n) is 19.6. The van der Waals surface area contributed by atoms with Crippen molar-refractivity contribution in [2.24, 2.45) is 0 Å². The number of ether oxygens (including phenoxy) is 1. The minimum atomic E-state index is -0.176. The number of nitrogens with one attached hydrogen (secondary N) is 2. The fourth-order valence-corrected chi connectivity index (χ4v) is 5.30. The summed E-state index contributed by atoms with van der Waals surface area (Å²) in [4.78, 5) is 31.0. The summed E-state index contributed by atoms with van der Waals surface area (Å²) in [5, 5.41) is 2.98. The van der Waals surface area contributed by atoms with Crippen molar-refractivity contribution < 1.29 is 9.53 Å². The van der Waals surface area contributed by atoms with Gasteiger partial charge < -0.3 is 19.4 Å². The number of nitrogens with zero attached hydrogens (tertiary/aromatic N) is 2. The topological polar surface area (TPSA) is 78.8 Å². The van der Waals surface area contributed by atoms with E-state index in [9.17, 15) is 9.59 Å². The molecule has 1 fully saturated rings. The van der Waals surface area contributed by atoms with E-state index in [1.165, 1.54) is 0 Å². The first-order chi connectivity index (χ1) is 15.8. The van der Waals surface area contributed by atoms with Crippen LogP contribution in [0.5, 0.6) is 0 Å². The standard InChI is InChI=1S/C25H31BrN4O3/c1-5-22(29-6-8-33-9-7-29)23-17(4)20(12-19-11-18(26)14-30(19)23)24(31)27-13-21-15(2)10-16(3)28-25(21)32/h10-12,14,22H,5-9,13H2,1-4H3,(H,27,31)(H,28,32). The predicted octanol–water partition coefficient (Wildman–Crippen LogP) is 4.03. The van der Waals surface area contributed by atoms with Gasteiger partial charge in [0.1, 0.15) is 0 Å². The molecule has 3 aromatic heterocycles. The summed E-state index contributed by atoms with van der Waals surface area (Å²) in [5.41, 5.74) is 5.78. The van der Waals surface area contributed by atoms with Gasteiger partial charge in [-0.15, -0.1) is 0 Å². The van der Waals surface area contributed by atoms with E-state index < -0.39 is 0 Å². The third-order valence-corrected chi connectivity index (χ3v) is 6.94. The fourth-order valence-electron chi connectivity index (χ4n) is 4.87. The minimum absolute atomic E-state index is 0.158. The molecule has 33 heavy (non-hydrogen) atoms. The van der Waals surface area contributed by atoms with Crippen LogP contribution in [0.3, 0.4) is 0 Å². The smallest absolute Gasteiger partial charge is 0.253 e. The van der Waals surface area contributed by atoms with E-state index in [1.807, 2.05) is 39.0 Å². The van der Waals surface area contributed by atoms with Crippen LogP contribution in [0.25, 0.3) is 5.52 Å². The number of carbonyl (C=O) groups excluding carboxylic acids is 1. The molecule has 2 N–H and O–H groups in total. The lowest BCUT2D eigenvalue weighted by molar-refractivity contribution is 0.0139. The van der Waals surface area contributed by atoms with Crippen molar-refractivity contribution in [2.75, 3.05) is 26.3 Å². The third kappa shape index (κ3) is 4.78. The average Bonchev–Trinajstić information content (AvgIpc) is 3.15. The SMILES string of the molecule is CCC(c1c(C)c(C(=O)NCc2c(C)cc(C)[nH]c2=O)cc2cc(Br)cn12)N1CCOCC1. The molecule has 0 saturated carbocycles. The van der Waals surface area contributed by atoms with Crippen molar-refractivity contribution in [1.29, 1.82) is 0 Å². The van der Waals surface area contributed by atoms with Gasteiger partial charge in [0.05, 0.1) is 19.3 Å². The maximum Gasteiger partial charge on any atom is 0.253 e. The Bertz CT molecular complexity index is 1240. The first kappa shape index (κ1) is 23.7. The lowest BCUT2D eigenvalue weighted by atomic mass is 9.98. The molecule has 1 aliphatic rings. The number of aromatic amines is 1. The number of carbonyl (C=O) groups is 1. The van der Waals surface area contributed by atoms with Crippen LogP contribution < -0.4 is 10.9 Å². The second-order valence-electron chi connectivity index (χ2n) is 8.72. The molecular formula is C25H31BrN4O3. The summed E-state index contributed by atoms with van der Waals surface area (Å²) in [7, 11) is 0. The molecule has 0 bridgehead atoms. The summed E-state index contributed by atoms with van der Waals surface area (Å²) in [6, 6.07) is 6.05. The lowest BCUT2D eigenvalue weighted by Crippen LogP contribution is -2.40. The van der Waals surface area contributed by atoms with Crippen LogP contribution in [0, 0.1) is 20.8 Å². The molecule has 4 rings (SSSR count). The molecule has 1 amide bonds. The van der Waals surface area contributed by atoms with Crippen LogP contribution in [-0.2, 0) is 11.3 Å². The van der Waals surface area contributed by atoms with Gasteiger partial charge in [0.2, 0.25) is 0 Å². The molecule has 1 saturated heterocycles. The van der Waals surface area contributed by atoms with Crippen molar-refractivity contribution >= 4 is 27.4 Å². The second-order valence-corrected chi connectivity index (χ2v) is 9.64. The Morgan fingerprint density at radius 1 is 1.21 bits per heavy atom. The molecule has 1 aliphatic heterocycles. The Morgan fingerprint density at radius 2 is 1.94 bits per heavy atom. The van der Waals surface area contributed by atoms with Crippen molar-refractivity contribution in [2.45, 2.75) is 46.7 Å². The third-order valence-electron chi connectivity index (χ3n) is 6.51. The van der Waals surface area contributed by atoms with Gasteiger partial charge in [0.25, 0.3) is 11.5 Å². The van der Waals surface area contributed by atoms with Gasteiger partial charge in [0.15, 0.2) is 0 Å². The number of amides is 1. The molecule has 0 aromatic carbocycles. The molecule has 0 radical (unpaired) electrons. The zero-order chi connectivity index (χ0) is 23.7. The highest BCUT2D eigenvalue weighted by Crippen LogP contribution is 2.32. The van der Waals surface area contributed by atoms with Gasteiger partial charge in [-0.2, -0.15) is 0 Å². The van der Waals surface area contributed by atoms with Crippen molar-refractivity contribution in [3.8, 4) is 0 Å². The number of fused-ring (bicyclic) bond motifs is 1. The number of hydrogen-bond donors (Lipinski definition) is 2. The monoisotopic (exact) mass is 514 g/mol. The highest BCUT2D eigenvalue weighted by Gasteiger charge is 2.27. The summed E-state index contributed by atoms with van der Waals surface area (Å²) in [6.07, 6.45) is 2.99. The largest absolute Gasteiger partial charge is 0.379 e. The molecular weight excluding hydrogens is 484 g/mol.